The van der Waals surface area contributed by atoms with Gasteiger partial charge in [-0.1, -0.05) is 19.9 Å². The number of esters is 1. The molecule has 1 amide bonds. The number of hydrogen-bond donors (Lipinski definition) is 2. The number of fused-ring (bicyclic) bond motifs is 1. The Balaban J connectivity index is 1.71. The van der Waals surface area contributed by atoms with Gasteiger partial charge in [0.1, 0.15) is 19.0 Å². The standard InChI is InChI=1S/C20H24BN3O5/c1-11(2)18(20(26)28-9-15-7-12(3)22-10-23-15)24-19(25)16-6-5-14-8-29-21(27)17(14)13(16)4/h5-7,10-11,18,27H,8-9H2,1-4H3,(H,24,25)/t18-/m0/s1. The highest BCUT2D eigenvalue weighted by Gasteiger charge is 2.32. The molecule has 1 aliphatic rings. The highest BCUT2D eigenvalue weighted by molar-refractivity contribution is 6.62. The van der Waals surface area contributed by atoms with Crippen LogP contribution in [0.3, 0.4) is 0 Å². The minimum atomic E-state index is -1.04. The monoisotopic (exact) mass is 397 g/mol. The van der Waals surface area contributed by atoms with E-state index in [-0.39, 0.29) is 12.5 Å². The summed E-state index contributed by atoms with van der Waals surface area (Å²) in [6, 6.07) is 4.35. The first-order chi connectivity index (χ1) is 13.8. The zero-order valence-electron chi connectivity index (χ0n) is 16.9. The van der Waals surface area contributed by atoms with Crippen LogP contribution in [0, 0.1) is 19.8 Å². The summed E-state index contributed by atoms with van der Waals surface area (Å²) in [5, 5.41) is 12.7. The van der Waals surface area contributed by atoms with E-state index in [9.17, 15) is 14.6 Å². The van der Waals surface area contributed by atoms with Gasteiger partial charge in [0.2, 0.25) is 0 Å². The molecule has 1 aliphatic heterocycles. The number of ether oxygens (including phenoxy) is 1. The quantitative estimate of drug-likeness (QED) is 0.548. The predicted octanol–water partition coefficient (Wildman–Crippen LogP) is 0.809. The molecule has 0 saturated heterocycles. The summed E-state index contributed by atoms with van der Waals surface area (Å²) >= 11 is 0. The van der Waals surface area contributed by atoms with Crippen LogP contribution in [0.2, 0.25) is 0 Å². The first kappa shape index (κ1) is 20.9. The third-order valence-electron chi connectivity index (χ3n) is 4.92. The van der Waals surface area contributed by atoms with Crippen molar-refractivity contribution in [1.82, 2.24) is 15.3 Å². The second-order valence-corrected chi connectivity index (χ2v) is 7.43. The molecule has 0 radical (unpaired) electrons. The minimum absolute atomic E-state index is 0.00267. The van der Waals surface area contributed by atoms with Crippen LogP contribution < -0.4 is 10.8 Å². The van der Waals surface area contributed by atoms with Crippen LogP contribution in [-0.2, 0) is 27.4 Å². The first-order valence-electron chi connectivity index (χ1n) is 9.45. The van der Waals surface area contributed by atoms with Crippen LogP contribution in [0.5, 0.6) is 0 Å². The fourth-order valence-corrected chi connectivity index (χ4v) is 3.29. The molecule has 2 N–H and O–H groups in total. The second-order valence-electron chi connectivity index (χ2n) is 7.43. The molecule has 1 aromatic carbocycles. The number of rotatable bonds is 6. The SMILES string of the molecule is Cc1cc(COC(=O)[C@@H](NC(=O)c2ccc3c(c2C)B(O)OC3)C(C)C)ncn1. The van der Waals surface area contributed by atoms with E-state index in [4.69, 9.17) is 9.39 Å². The Bertz CT molecular complexity index is 934. The molecule has 1 atom stereocenters. The number of amides is 1. The Kier molecular flexibility index (Phi) is 6.29. The Morgan fingerprint density at radius 3 is 2.76 bits per heavy atom. The van der Waals surface area contributed by atoms with Gasteiger partial charge in [-0.05, 0) is 48.5 Å². The largest absolute Gasteiger partial charge is 0.492 e. The molecule has 2 aromatic rings. The Hall–Kier alpha value is -2.78. The normalized spacial score (nSPS) is 13.9. The molecule has 1 aromatic heterocycles. The molecule has 0 bridgehead atoms. The summed E-state index contributed by atoms with van der Waals surface area (Å²) in [6.45, 7) is 7.55. The molecule has 3 rings (SSSR count). The Labute approximate surface area is 169 Å². The number of aryl methyl sites for hydroxylation is 1. The number of aromatic nitrogens is 2. The van der Waals surface area contributed by atoms with E-state index >= 15 is 0 Å². The van der Waals surface area contributed by atoms with E-state index in [0.29, 0.717) is 28.9 Å². The zero-order valence-corrected chi connectivity index (χ0v) is 16.9. The van der Waals surface area contributed by atoms with Crippen LogP contribution in [0.15, 0.2) is 24.5 Å². The van der Waals surface area contributed by atoms with Gasteiger partial charge in [0.15, 0.2) is 0 Å². The average Bonchev–Trinajstić information content (AvgIpc) is 3.06. The number of hydrogen-bond acceptors (Lipinski definition) is 7. The number of carbonyl (C=O) groups is 2. The van der Waals surface area contributed by atoms with Crippen molar-refractivity contribution < 1.29 is 24.0 Å². The van der Waals surface area contributed by atoms with Crippen molar-refractivity contribution in [3.05, 3.63) is 52.6 Å². The summed E-state index contributed by atoms with van der Waals surface area (Å²) in [5.74, 6) is -1.12. The molecule has 2 heterocycles. The van der Waals surface area contributed by atoms with Gasteiger partial charge >= 0.3 is 13.1 Å². The fraction of sp³-hybridized carbons (Fsp3) is 0.400. The molecular formula is C20H24BN3O5. The smallest absolute Gasteiger partial charge is 0.458 e. The molecule has 29 heavy (non-hydrogen) atoms. The number of nitrogens with zero attached hydrogens (tertiary/aromatic N) is 2. The zero-order chi connectivity index (χ0) is 21.1. The molecule has 0 unspecified atom stereocenters. The van der Waals surface area contributed by atoms with E-state index in [2.05, 4.69) is 15.3 Å². The first-order valence-corrected chi connectivity index (χ1v) is 9.45. The average molecular weight is 397 g/mol. The molecule has 0 aliphatic carbocycles. The van der Waals surface area contributed by atoms with E-state index in [1.807, 2.05) is 20.8 Å². The Morgan fingerprint density at radius 1 is 1.31 bits per heavy atom. The van der Waals surface area contributed by atoms with Gasteiger partial charge in [-0.3, -0.25) is 4.79 Å². The van der Waals surface area contributed by atoms with Crippen molar-refractivity contribution in [2.75, 3.05) is 0 Å². The van der Waals surface area contributed by atoms with Gasteiger partial charge in [-0.25, -0.2) is 14.8 Å². The van der Waals surface area contributed by atoms with Gasteiger partial charge in [0, 0.05) is 11.3 Å². The lowest BCUT2D eigenvalue weighted by Crippen LogP contribution is -2.46. The molecular weight excluding hydrogens is 373 g/mol. The van der Waals surface area contributed by atoms with Crippen LogP contribution in [0.1, 0.15) is 46.7 Å². The third kappa shape index (κ3) is 4.63. The highest BCUT2D eigenvalue weighted by Crippen LogP contribution is 2.17. The van der Waals surface area contributed by atoms with Gasteiger partial charge in [-0.2, -0.15) is 0 Å². The molecule has 0 fully saturated rings. The van der Waals surface area contributed by atoms with Crippen LogP contribution in [0.25, 0.3) is 0 Å². The maximum Gasteiger partial charge on any atom is 0.492 e. The van der Waals surface area contributed by atoms with Gasteiger partial charge in [0.25, 0.3) is 5.91 Å². The van der Waals surface area contributed by atoms with Crippen LogP contribution >= 0.6 is 0 Å². The minimum Gasteiger partial charge on any atom is -0.458 e. The highest BCUT2D eigenvalue weighted by atomic mass is 16.5. The van der Waals surface area contributed by atoms with Gasteiger partial charge in [0.05, 0.1) is 12.3 Å². The summed E-state index contributed by atoms with van der Waals surface area (Å²) in [4.78, 5) is 33.5. The lowest BCUT2D eigenvalue weighted by Gasteiger charge is -2.21. The van der Waals surface area contributed by atoms with Crippen LogP contribution in [0.4, 0.5) is 0 Å². The summed E-state index contributed by atoms with van der Waals surface area (Å²) in [6.07, 6.45) is 1.41. The van der Waals surface area contributed by atoms with Gasteiger partial charge < -0.3 is 19.7 Å². The number of carbonyl (C=O) groups excluding carboxylic acids is 2. The van der Waals surface area contributed by atoms with Crippen molar-refractivity contribution in [2.24, 2.45) is 5.92 Å². The van der Waals surface area contributed by atoms with Gasteiger partial charge in [-0.15, -0.1) is 0 Å². The summed E-state index contributed by atoms with van der Waals surface area (Å²) in [7, 11) is -1.04. The van der Waals surface area contributed by atoms with Crippen molar-refractivity contribution in [2.45, 2.75) is 47.0 Å². The molecule has 0 saturated carbocycles. The maximum atomic E-state index is 12.8. The lowest BCUT2D eigenvalue weighted by molar-refractivity contribution is -0.148. The number of benzene rings is 1. The van der Waals surface area contributed by atoms with E-state index in [1.165, 1.54) is 6.33 Å². The lowest BCUT2D eigenvalue weighted by atomic mass is 9.75. The van der Waals surface area contributed by atoms with E-state index < -0.39 is 25.0 Å². The fourth-order valence-electron chi connectivity index (χ4n) is 3.29. The van der Waals surface area contributed by atoms with Crippen LogP contribution in [-0.4, -0.2) is 40.0 Å². The molecule has 0 spiro atoms. The molecule has 8 nitrogen and oxygen atoms in total. The molecule has 152 valence electrons. The summed E-state index contributed by atoms with van der Waals surface area (Å²) in [5.41, 5.74) is 3.85. The van der Waals surface area contributed by atoms with Crippen molar-refractivity contribution >= 4 is 24.5 Å². The maximum absolute atomic E-state index is 12.8. The van der Waals surface area contributed by atoms with Crippen molar-refractivity contribution in [3.8, 4) is 0 Å². The summed E-state index contributed by atoms with van der Waals surface area (Å²) < 4.78 is 10.6. The second kappa shape index (κ2) is 8.71. The van der Waals surface area contributed by atoms with E-state index in [1.54, 1.807) is 25.1 Å². The topological polar surface area (TPSA) is 111 Å². The van der Waals surface area contributed by atoms with Crippen molar-refractivity contribution in [1.29, 1.82) is 0 Å². The predicted molar refractivity (Wildman–Crippen MR) is 106 cm³/mol. The molecule has 9 heteroatoms. The van der Waals surface area contributed by atoms with E-state index in [0.717, 1.165) is 11.3 Å². The third-order valence-corrected chi connectivity index (χ3v) is 4.92. The van der Waals surface area contributed by atoms with Crippen molar-refractivity contribution in [3.63, 3.8) is 0 Å². The Morgan fingerprint density at radius 2 is 2.07 bits per heavy atom. The number of nitrogens with one attached hydrogen (secondary N) is 1.